The molecule has 0 N–H and O–H groups in total. The standard InChI is InChI=1S/C23H33N3O9/c1-27-11-14-17(28-2)20(29-3)21(30-4)23(34-14)35-18-15-12-32-22(33-15)16(25-26-24)19(18)31-10-13-8-6-5-7-9-13/h5-9,14-23H,10-12H2,1-4H3/t14-,15-,16-,17+,18-,19-,20+,21-,22-,23+/m1/s1. The summed E-state index contributed by atoms with van der Waals surface area (Å²) < 4.78 is 53.2. The predicted octanol–water partition coefficient (Wildman–Crippen LogP) is 1.81. The third kappa shape index (κ3) is 5.62. The summed E-state index contributed by atoms with van der Waals surface area (Å²) in [6.45, 7) is 0.818. The zero-order valence-electron chi connectivity index (χ0n) is 20.3. The Labute approximate surface area is 204 Å². The van der Waals surface area contributed by atoms with E-state index in [2.05, 4.69) is 10.0 Å². The van der Waals surface area contributed by atoms with Gasteiger partial charge in [0, 0.05) is 33.4 Å². The average Bonchev–Trinajstić information content (AvgIpc) is 3.32. The number of nitrogens with zero attached hydrogens (tertiary/aromatic N) is 3. The molecule has 0 aliphatic carbocycles. The van der Waals surface area contributed by atoms with E-state index in [1.165, 1.54) is 0 Å². The first kappa shape index (κ1) is 26.2. The number of hydrogen-bond acceptors (Lipinski definition) is 10. The molecule has 1 aromatic rings. The summed E-state index contributed by atoms with van der Waals surface area (Å²) in [6.07, 6.45) is -5.37. The van der Waals surface area contributed by atoms with Crippen LogP contribution in [0.25, 0.3) is 10.4 Å². The molecule has 3 aliphatic rings. The van der Waals surface area contributed by atoms with Gasteiger partial charge in [0.15, 0.2) is 12.6 Å². The maximum absolute atomic E-state index is 9.21. The highest BCUT2D eigenvalue weighted by Gasteiger charge is 2.55. The van der Waals surface area contributed by atoms with Gasteiger partial charge in [0.1, 0.15) is 48.8 Å². The second-order valence-electron chi connectivity index (χ2n) is 8.53. The van der Waals surface area contributed by atoms with Gasteiger partial charge in [-0.2, -0.15) is 0 Å². The first-order valence-corrected chi connectivity index (χ1v) is 11.5. The van der Waals surface area contributed by atoms with Gasteiger partial charge in [-0.3, -0.25) is 0 Å². The van der Waals surface area contributed by atoms with Crippen molar-refractivity contribution < 1.29 is 42.6 Å². The lowest BCUT2D eigenvalue weighted by Gasteiger charge is -2.47. The maximum atomic E-state index is 9.21. The summed E-state index contributed by atoms with van der Waals surface area (Å²) in [6, 6.07) is 8.95. The molecule has 3 heterocycles. The molecule has 0 radical (unpaired) electrons. The smallest absolute Gasteiger partial charge is 0.187 e. The average molecular weight is 496 g/mol. The quantitative estimate of drug-likeness (QED) is 0.256. The molecule has 3 aliphatic heterocycles. The molecule has 4 rings (SSSR count). The number of fused-ring (bicyclic) bond motifs is 2. The Balaban J connectivity index is 1.59. The van der Waals surface area contributed by atoms with Crippen LogP contribution < -0.4 is 0 Å². The van der Waals surface area contributed by atoms with Gasteiger partial charge in [-0.05, 0) is 11.1 Å². The highest BCUT2D eigenvalue weighted by atomic mass is 16.8. The summed E-state index contributed by atoms with van der Waals surface area (Å²) in [5.41, 5.74) is 10.2. The third-order valence-corrected chi connectivity index (χ3v) is 6.54. The molecule has 10 atom stereocenters. The molecule has 3 fully saturated rings. The van der Waals surface area contributed by atoms with Crippen molar-refractivity contribution >= 4 is 0 Å². The molecule has 0 amide bonds. The van der Waals surface area contributed by atoms with Crippen molar-refractivity contribution in [2.24, 2.45) is 5.11 Å². The maximum Gasteiger partial charge on any atom is 0.187 e. The van der Waals surface area contributed by atoms with E-state index in [1.807, 2.05) is 30.3 Å². The van der Waals surface area contributed by atoms with Crippen LogP contribution in [0.3, 0.4) is 0 Å². The highest BCUT2D eigenvalue weighted by molar-refractivity contribution is 5.13. The number of ether oxygens (including phenoxy) is 9. The molecule has 1 aromatic carbocycles. The van der Waals surface area contributed by atoms with Crippen LogP contribution in [0.2, 0.25) is 0 Å². The minimum Gasteiger partial charge on any atom is -0.382 e. The van der Waals surface area contributed by atoms with E-state index in [9.17, 15) is 5.53 Å². The van der Waals surface area contributed by atoms with Crippen molar-refractivity contribution in [2.75, 3.05) is 41.7 Å². The fraction of sp³-hybridized carbons (Fsp3) is 0.739. The Hall–Kier alpha value is -1.83. The molecular weight excluding hydrogens is 462 g/mol. The highest BCUT2D eigenvalue weighted by Crippen LogP contribution is 2.37. The number of methoxy groups -OCH3 is 4. The van der Waals surface area contributed by atoms with Gasteiger partial charge in [0.2, 0.25) is 0 Å². The molecular formula is C23H33N3O9. The molecule has 0 saturated carbocycles. The minimum absolute atomic E-state index is 0.262. The lowest BCUT2D eigenvalue weighted by Crippen LogP contribution is -2.64. The summed E-state index contributed by atoms with van der Waals surface area (Å²) in [7, 11) is 6.30. The molecule has 35 heavy (non-hydrogen) atoms. The SMILES string of the molecule is COC[C@H]1O[C@@H](O[C@H]2[C@H](OCc3ccccc3)[C@@H](N=[N+]=[N-])[C@@H]3OC[C@H]2O3)[C@H](OC)[C@@H](OC)[C@H]1OC. The second kappa shape index (κ2) is 12.4. The van der Waals surface area contributed by atoms with Crippen LogP contribution in [0, 0.1) is 0 Å². The van der Waals surface area contributed by atoms with E-state index < -0.39 is 61.3 Å². The van der Waals surface area contributed by atoms with Crippen LogP contribution in [0.15, 0.2) is 35.4 Å². The van der Waals surface area contributed by atoms with Gasteiger partial charge < -0.3 is 42.6 Å². The molecule has 3 saturated heterocycles. The molecule has 194 valence electrons. The largest absolute Gasteiger partial charge is 0.382 e. The van der Waals surface area contributed by atoms with E-state index in [0.29, 0.717) is 6.61 Å². The fourth-order valence-electron chi connectivity index (χ4n) is 4.90. The van der Waals surface area contributed by atoms with Gasteiger partial charge in [0.05, 0.1) is 19.8 Å². The van der Waals surface area contributed by atoms with Crippen molar-refractivity contribution in [3.63, 3.8) is 0 Å². The van der Waals surface area contributed by atoms with Crippen LogP contribution in [0.4, 0.5) is 0 Å². The molecule has 0 unspecified atom stereocenters. The molecule has 0 spiro atoms. The van der Waals surface area contributed by atoms with Crippen molar-refractivity contribution in [3.8, 4) is 0 Å². The van der Waals surface area contributed by atoms with Crippen LogP contribution in [0.5, 0.6) is 0 Å². The van der Waals surface area contributed by atoms with Gasteiger partial charge in [-0.15, -0.1) is 0 Å². The predicted molar refractivity (Wildman–Crippen MR) is 120 cm³/mol. The number of benzene rings is 1. The summed E-state index contributed by atoms with van der Waals surface area (Å²) in [5.74, 6) is 0. The van der Waals surface area contributed by atoms with Crippen molar-refractivity contribution in [2.45, 2.75) is 68.0 Å². The van der Waals surface area contributed by atoms with E-state index in [-0.39, 0.29) is 13.2 Å². The van der Waals surface area contributed by atoms with Gasteiger partial charge >= 0.3 is 0 Å². The van der Waals surface area contributed by atoms with E-state index in [0.717, 1.165) is 5.56 Å². The van der Waals surface area contributed by atoms with Crippen LogP contribution in [-0.2, 0) is 49.2 Å². The Morgan fingerprint density at radius 2 is 1.69 bits per heavy atom. The zero-order valence-corrected chi connectivity index (χ0v) is 20.3. The van der Waals surface area contributed by atoms with E-state index >= 15 is 0 Å². The molecule has 12 nitrogen and oxygen atoms in total. The van der Waals surface area contributed by atoms with Crippen LogP contribution in [0.1, 0.15) is 5.56 Å². The van der Waals surface area contributed by atoms with Gasteiger partial charge in [-0.25, -0.2) is 0 Å². The zero-order chi connectivity index (χ0) is 24.8. The minimum atomic E-state index is -0.864. The topological polar surface area (TPSA) is 132 Å². The third-order valence-electron chi connectivity index (χ3n) is 6.54. The second-order valence-corrected chi connectivity index (χ2v) is 8.53. The van der Waals surface area contributed by atoms with Crippen LogP contribution >= 0.6 is 0 Å². The number of hydrogen-bond donors (Lipinski definition) is 0. The monoisotopic (exact) mass is 495 g/mol. The van der Waals surface area contributed by atoms with Gasteiger partial charge in [0.25, 0.3) is 0 Å². The Kier molecular flexibility index (Phi) is 9.31. The lowest BCUT2D eigenvalue weighted by atomic mass is 9.96. The Morgan fingerprint density at radius 1 is 0.943 bits per heavy atom. The summed E-state index contributed by atoms with van der Waals surface area (Å²) in [4.78, 5) is 3.00. The van der Waals surface area contributed by atoms with Crippen molar-refractivity contribution in [3.05, 3.63) is 46.3 Å². The lowest BCUT2D eigenvalue weighted by molar-refractivity contribution is -0.341. The molecule has 0 aromatic heterocycles. The fourth-order valence-corrected chi connectivity index (χ4v) is 4.90. The first-order chi connectivity index (χ1) is 17.1. The number of rotatable bonds is 11. The summed E-state index contributed by atoms with van der Waals surface area (Å²) in [5, 5.41) is 3.93. The van der Waals surface area contributed by atoms with Crippen molar-refractivity contribution in [1.29, 1.82) is 0 Å². The van der Waals surface area contributed by atoms with Crippen LogP contribution in [-0.4, -0.2) is 103 Å². The summed E-state index contributed by atoms with van der Waals surface area (Å²) >= 11 is 0. The first-order valence-electron chi connectivity index (χ1n) is 11.5. The van der Waals surface area contributed by atoms with Crippen molar-refractivity contribution in [1.82, 2.24) is 0 Å². The normalized spacial score (nSPS) is 38.7. The molecule has 2 bridgehead atoms. The molecule has 12 heteroatoms. The number of azide groups is 1. The van der Waals surface area contributed by atoms with E-state index in [1.54, 1.807) is 28.4 Å². The Bertz CT molecular complexity index is 843. The van der Waals surface area contributed by atoms with E-state index in [4.69, 9.17) is 42.6 Å². The Morgan fingerprint density at radius 3 is 2.34 bits per heavy atom. The van der Waals surface area contributed by atoms with Gasteiger partial charge in [-0.1, -0.05) is 35.4 Å².